The van der Waals surface area contributed by atoms with E-state index in [2.05, 4.69) is 4.99 Å². The zero-order valence-electron chi connectivity index (χ0n) is 13.5. The molecule has 0 heterocycles. The lowest BCUT2D eigenvalue weighted by Crippen LogP contribution is -2.30. The van der Waals surface area contributed by atoms with Gasteiger partial charge in [0.05, 0.1) is 11.3 Å². The van der Waals surface area contributed by atoms with E-state index in [0.717, 1.165) is 42.7 Å². The van der Waals surface area contributed by atoms with Crippen molar-refractivity contribution in [2.45, 2.75) is 44.9 Å². The van der Waals surface area contributed by atoms with E-state index in [0.29, 0.717) is 11.5 Å². The third-order valence-electron chi connectivity index (χ3n) is 4.41. The first-order valence-corrected chi connectivity index (χ1v) is 7.92. The highest BCUT2D eigenvalue weighted by molar-refractivity contribution is 6.29. The zero-order chi connectivity index (χ0) is 15.4. The smallest absolute Gasteiger partial charge is 0.194 e. The monoisotopic (exact) mass is 289 g/mol. The minimum atomic E-state index is 0.0821. The number of rotatable bonds is 3. The fourth-order valence-corrected chi connectivity index (χ4v) is 3.40. The van der Waals surface area contributed by atoms with Gasteiger partial charge < -0.3 is 10.6 Å². The Morgan fingerprint density at radius 3 is 2.48 bits per heavy atom. The average Bonchev–Trinajstić information content (AvgIpc) is 2.47. The summed E-state index contributed by atoms with van der Waals surface area (Å²) in [6.45, 7) is 0. The van der Waals surface area contributed by atoms with E-state index in [1.165, 1.54) is 19.3 Å². The van der Waals surface area contributed by atoms with Gasteiger partial charge in [-0.25, -0.2) is 0 Å². The van der Waals surface area contributed by atoms with Crippen LogP contribution in [0.15, 0.2) is 28.0 Å². The van der Waals surface area contributed by atoms with Crippen LogP contribution >= 0.6 is 0 Å². The summed E-state index contributed by atoms with van der Waals surface area (Å²) >= 11 is 0. The van der Waals surface area contributed by atoms with Crippen molar-refractivity contribution in [3.05, 3.63) is 23.0 Å². The first-order chi connectivity index (χ1) is 10.0. The van der Waals surface area contributed by atoms with Gasteiger partial charge in [0.25, 0.3) is 0 Å². The Morgan fingerprint density at radius 2 is 1.90 bits per heavy atom. The molecule has 2 aliphatic rings. The van der Waals surface area contributed by atoms with Crippen molar-refractivity contribution in [1.29, 1.82) is 0 Å². The highest BCUT2D eigenvalue weighted by atomic mass is 16.1. The van der Waals surface area contributed by atoms with Gasteiger partial charge in [0.15, 0.2) is 5.78 Å². The maximum atomic E-state index is 12.8. The molecule has 0 aromatic heterocycles. The molecule has 0 aliphatic heterocycles. The largest absolute Gasteiger partial charge is 0.401 e. The van der Waals surface area contributed by atoms with Crippen LogP contribution in [0.2, 0.25) is 0 Å². The van der Waals surface area contributed by atoms with Gasteiger partial charge in [-0.3, -0.25) is 9.79 Å². The molecule has 0 radical (unpaired) electrons. The van der Waals surface area contributed by atoms with Crippen LogP contribution in [-0.4, -0.2) is 37.5 Å². The Bertz CT molecular complexity index is 494. The second-order valence-electron chi connectivity index (χ2n) is 6.29. The lowest BCUT2D eigenvalue weighted by atomic mass is 9.78. The molecule has 0 amide bonds. The quantitative estimate of drug-likeness (QED) is 0.642. The number of carbonyl (C=O) groups is 1. The standard InChI is InChI=1S/C17H27N3O/c1-19-16(12-7-5-4-6-8-12)15-14(18)10-9-13(17(15)21)11-20(2)3/h11-12H,4-10,18H2,1-3H3/b13-11+,19-16?. The van der Waals surface area contributed by atoms with Crippen molar-refractivity contribution in [3.8, 4) is 0 Å². The average molecular weight is 289 g/mol. The summed E-state index contributed by atoms with van der Waals surface area (Å²) in [5.74, 6) is 0.485. The van der Waals surface area contributed by atoms with Gasteiger partial charge in [-0.1, -0.05) is 19.3 Å². The lowest BCUT2D eigenvalue weighted by Gasteiger charge is -2.28. The van der Waals surface area contributed by atoms with Crippen LogP contribution in [0.3, 0.4) is 0 Å². The summed E-state index contributed by atoms with van der Waals surface area (Å²) in [4.78, 5) is 19.2. The molecule has 1 saturated carbocycles. The predicted octanol–water partition coefficient (Wildman–Crippen LogP) is 2.66. The van der Waals surface area contributed by atoms with Crippen LogP contribution in [0.1, 0.15) is 44.9 Å². The van der Waals surface area contributed by atoms with E-state index in [1.807, 2.05) is 25.2 Å². The van der Waals surface area contributed by atoms with Crippen molar-refractivity contribution < 1.29 is 4.79 Å². The maximum Gasteiger partial charge on any atom is 0.194 e. The molecule has 0 atom stereocenters. The van der Waals surface area contributed by atoms with E-state index >= 15 is 0 Å². The van der Waals surface area contributed by atoms with Gasteiger partial charge in [-0.05, 0) is 25.7 Å². The van der Waals surface area contributed by atoms with Gasteiger partial charge in [-0.15, -0.1) is 0 Å². The zero-order valence-corrected chi connectivity index (χ0v) is 13.5. The van der Waals surface area contributed by atoms with Crippen LogP contribution in [0.5, 0.6) is 0 Å². The second kappa shape index (κ2) is 6.92. The third-order valence-corrected chi connectivity index (χ3v) is 4.41. The van der Waals surface area contributed by atoms with E-state index in [-0.39, 0.29) is 5.78 Å². The summed E-state index contributed by atoms with van der Waals surface area (Å²) in [5.41, 5.74) is 9.40. The molecule has 4 nitrogen and oxygen atoms in total. The first kappa shape index (κ1) is 15.8. The Balaban J connectivity index is 2.32. The van der Waals surface area contributed by atoms with E-state index < -0.39 is 0 Å². The first-order valence-electron chi connectivity index (χ1n) is 7.92. The van der Waals surface area contributed by atoms with Crippen molar-refractivity contribution >= 4 is 11.5 Å². The van der Waals surface area contributed by atoms with Crippen molar-refractivity contribution in [2.75, 3.05) is 21.1 Å². The SMILES string of the molecule is CN=C(C1=C(N)CC/C(=C\N(C)C)C1=O)C1CCCCC1. The molecule has 0 bridgehead atoms. The van der Waals surface area contributed by atoms with Gasteiger partial charge in [0, 0.05) is 44.5 Å². The van der Waals surface area contributed by atoms with Crippen LogP contribution in [0, 0.1) is 5.92 Å². The Hall–Kier alpha value is -1.58. The molecule has 0 aromatic carbocycles. The topological polar surface area (TPSA) is 58.7 Å². The third kappa shape index (κ3) is 3.55. The van der Waals surface area contributed by atoms with Crippen molar-refractivity contribution in [2.24, 2.45) is 16.6 Å². The lowest BCUT2D eigenvalue weighted by molar-refractivity contribution is -0.112. The molecule has 0 spiro atoms. The van der Waals surface area contributed by atoms with Crippen LogP contribution in [0.4, 0.5) is 0 Å². The molecule has 116 valence electrons. The summed E-state index contributed by atoms with van der Waals surface area (Å²) in [7, 11) is 5.68. The number of nitrogens with two attached hydrogens (primary N) is 1. The van der Waals surface area contributed by atoms with Crippen molar-refractivity contribution in [1.82, 2.24) is 4.90 Å². The minimum absolute atomic E-state index is 0.0821. The molecule has 0 saturated heterocycles. The summed E-state index contributed by atoms with van der Waals surface area (Å²) in [5, 5.41) is 0. The summed E-state index contributed by atoms with van der Waals surface area (Å²) in [6, 6.07) is 0. The van der Waals surface area contributed by atoms with E-state index in [1.54, 1.807) is 7.05 Å². The molecule has 1 fully saturated rings. The summed E-state index contributed by atoms with van der Waals surface area (Å²) < 4.78 is 0. The fourth-order valence-electron chi connectivity index (χ4n) is 3.40. The summed E-state index contributed by atoms with van der Waals surface area (Å²) in [6.07, 6.45) is 9.41. The molecule has 2 aliphatic carbocycles. The Labute approximate surface area is 127 Å². The van der Waals surface area contributed by atoms with Gasteiger partial charge in [-0.2, -0.15) is 0 Å². The molecule has 0 aromatic rings. The molecule has 21 heavy (non-hydrogen) atoms. The number of allylic oxidation sites excluding steroid dienone is 3. The van der Waals surface area contributed by atoms with Crippen molar-refractivity contribution in [3.63, 3.8) is 0 Å². The highest BCUT2D eigenvalue weighted by Gasteiger charge is 2.31. The van der Waals surface area contributed by atoms with E-state index in [4.69, 9.17) is 5.73 Å². The van der Waals surface area contributed by atoms with Crippen LogP contribution < -0.4 is 5.73 Å². The maximum absolute atomic E-state index is 12.8. The predicted molar refractivity (Wildman–Crippen MR) is 87.2 cm³/mol. The van der Waals surface area contributed by atoms with Crippen LogP contribution in [0.25, 0.3) is 0 Å². The number of aliphatic imine (C=N–C) groups is 1. The molecular weight excluding hydrogens is 262 g/mol. The molecule has 0 unspecified atom stereocenters. The Morgan fingerprint density at radius 1 is 1.24 bits per heavy atom. The van der Waals surface area contributed by atoms with Gasteiger partial charge in [0.1, 0.15) is 0 Å². The number of carbonyl (C=O) groups excluding carboxylic acids is 1. The van der Waals surface area contributed by atoms with Gasteiger partial charge >= 0.3 is 0 Å². The number of ketones is 1. The number of nitrogens with zero attached hydrogens (tertiary/aromatic N) is 2. The normalized spacial score (nSPS) is 23.9. The molecule has 4 heteroatoms. The second-order valence-corrected chi connectivity index (χ2v) is 6.29. The molecule has 2 rings (SSSR count). The molecular formula is C17H27N3O. The fraction of sp³-hybridized carbons (Fsp3) is 0.647. The van der Waals surface area contributed by atoms with E-state index in [9.17, 15) is 4.79 Å². The molecule has 2 N–H and O–H groups in total. The minimum Gasteiger partial charge on any atom is -0.401 e. The number of hydrogen-bond donors (Lipinski definition) is 1. The van der Waals surface area contributed by atoms with Crippen LogP contribution in [-0.2, 0) is 4.79 Å². The number of Topliss-reactive ketones (excluding diaryl/α,β-unsaturated/α-hetero) is 1. The highest BCUT2D eigenvalue weighted by Crippen LogP contribution is 2.32. The Kier molecular flexibility index (Phi) is 5.21. The van der Waals surface area contributed by atoms with Gasteiger partial charge in [0.2, 0.25) is 0 Å². The number of hydrogen-bond acceptors (Lipinski definition) is 4.